The van der Waals surface area contributed by atoms with Gasteiger partial charge in [-0.25, -0.2) is 4.98 Å². The van der Waals surface area contributed by atoms with Crippen LogP contribution in [0.5, 0.6) is 0 Å². The lowest BCUT2D eigenvalue weighted by atomic mass is 10.0. The van der Waals surface area contributed by atoms with Crippen molar-refractivity contribution in [1.29, 1.82) is 0 Å². The van der Waals surface area contributed by atoms with Gasteiger partial charge in [0.2, 0.25) is 0 Å². The molecule has 0 radical (unpaired) electrons. The number of nitrogens with zero attached hydrogens (tertiary/aromatic N) is 1. The van der Waals surface area contributed by atoms with Crippen molar-refractivity contribution in [3.63, 3.8) is 0 Å². The number of aromatic nitrogens is 1. The van der Waals surface area contributed by atoms with E-state index in [0.717, 1.165) is 32.5 Å². The fraction of sp³-hybridized carbons (Fsp3) is 0.750. The molecule has 0 spiro atoms. The van der Waals surface area contributed by atoms with E-state index >= 15 is 0 Å². The van der Waals surface area contributed by atoms with Crippen molar-refractivity contribution >= 4 is 11.3 Å². The van der Waals surface area contributed by atoms with E-state index in [4.69, 9.17) is 4.74 Å². The molecule has 1 aliphatic heterocycles. The lowest BCUT2D eigenvalue weighted by molar-refractivity contribution is 0.0853. The zero-order valence-corrected chi connectivity index (χ0v) is 10.8. The van der Waals surface area contributed by atoms with Crippen LogP contribution in [-0.2, 0) is 11.2 Å². The van der Waals surface area contributed by atoms with Gasteiger partial charge in [0.25, 0.3) is 0 Å². The van der Waals surface area contributed by atoms with Crippen molar-refractivity contribution in [1.82, 2.24) is 10.3 Å². The number of likely N-dealkylation sites (N-methyl/N-ethyl adjacent to an activating group) is 1. The summed E-state index contributed by atoms with van der Waals surface area (Å²) in [4.78, 5) is 5.95. The third-order valence-electron chi connectivity index (χ3n) is 3.14. The van der Waals surface area contributed by atoms with Crippen molar-refractivity contribution < 1.29 is 4.74 Å². The normalized spacial score (nSPS) is 19.9. The topological polar surface area (TPSA) is 34.2 Å². The first kappa shape index (κ1) is 12.0. The van der Waals surface area contributed by atoms with Crippen LogP contribution in [0, 0.1) is 0 Å². The summed E-state index contributed by atoms with van der Waals surface area (Å²) in [5, 5.41) is 4.57. The number of hydrogen-bond donors (Lipinski definition) is 1. The zero-order valence-electron chi connectivity index (χ0n) is 10.0. The first-order valence-corrected chi connectivity index (χ1v) is 6.81. The molecule has 1 N–H and O–H groups in total. The third-order valence-corrected chi connectivity index (χ3v) is 4.32. The number of rotatable bonds is 4. The lowest BCUT2D eigenvalue weighted by Gasteiger charge is -2.19. The molecule has 1 atom stereocenters. The molecule has 90 valence electrons. The molecule has 1 unspecified atom stereocenters. The predicted octanol–water partition coefficient (Wildman–Crippen LogP) is 2.19. The third kappa shape index (κ3) is 3.03. The largest absolute Gasteiger partial charge is 0.381 e. The van der Waals surface area contributed by atoms with E-state index in [1.54, 1.807) is 0 Å². The minimum absolute atomic E-state index is 0.531. The van der Waals surface area contributed by atoms with Gasteiger partial charge in [-0.05, 0) is 33.2 Å². The molecule has 1 saturated heterocycles. The predicted molar refractivity (Wildman–Crippen MR) is 67.1 cm³/mol. The Kier molecular flexibility index (Phi) is 4.32. The summed E-state index contributed by atoms with van der Waals surface area (Å²) in [5.41, 5.74) is 0. The molecule has 2 rings (SSSR count). The molecule has 0 bridgehead atoms. The van der Waals surface area contributed by atoms with Gasteiger partial charge < -0.3 is 10.1 Å². The van der Waals surface area contributed by atoms with Crippen LogP contribution >= 0.6 is 11.3 Å². The van der Waals surface area contributed by atoms with Crippen molar-refractivity contribution in [2.24, 2.45) is 0 Å². The average Bonchev–Trinajstić information content (AvgIpc) is 2.78. The Labute approximate surface area is 101 Å². The highest BCUT2D eigenvalue weighted by Gasteiger charge is 2.19. The molecule has 0 aliphatic carbocycles. The Morgan fingerprint density at radius 3 is 3.00 bits per heavy atom. The van der Waals surface area contributed by atoms with Gasteiger partial charge in [-0.15, -0.1) is 11.3 Å². The maximum absolute atomic E-state index is 5.38. The summed E-state index contributed by atoms with van der Waals surface area (Å²) in [6.07, 6.45) is 5.39. The minimum atomic E-state index is 0.531. The van der Waals surface area contributed by atoms with Crippen molar-refractivity contribution in [2.75, 3.05) is 20.3 Å². The lowest BCUT2D eigenvalue weighted by Crippen LogP contribution is -2.22. The fourth-order valence-corrected chi connectivity index (χ4v) is 3.17. The van der Waals surface area contributed by atoms with Gasteiger partial charge in [0, 0.05) is 36.2 Å². The zero-order chi connectivity index (χ0) is 11.4. The van der Waals surface area contributed by atoms with E-state index in [1.165, 1.54) is 9.88 Å². The van der Waals surface area contributed by atoms with Gasteiger partial charge in [-0.3, -0.25) is 0 Å². The molecule has 2 heterocycles. The Balaban J connectivity index is 1.95. The first-order chi connectivity index (χ1) is 7.79. The van der Waals surface area contributed by atoms with E-state index in [2.05, 4.69) is 17.2 Å². The highest BCUT2D eigenvalue weighted by Crippen LogP contribution is 2.30. The van der Waals surface area contributed by atoms with Gasteiger partial charge in [0.15, 0.2) is 0 Å². The fourth-order valence-electron chi connectivity index (χ4n) is 1.95. The highest BCUT2D eigenvalue weighted by molar-refractivity contribution is 7.11. The van der Waals surface area contributed by atoms with E-state index in [-0.39, 0.29) is 0 Å². The molecule has 3 nitrogen and oxygen atoms in total. The van der Waals surface area contributed by atoms with Crippen molar-refractivity contribution in [2.45, 2.75) is 38.1 Å². The highest BCUT2D eigenvalue weighted by atomic mass is 32.1. The number of thiazole rings is 1. The maximum Gasteiger partial charge on any atom is 0.0960 e. The first-order valence-electron chi connectivity index (χ1n) is 5.99. The van der Waals surface area contributed by atoms with Gasteiger partial charge in [-0.2, -0.15) is 0 Å². The molecule has 4 heteroatoms. The molecule has 1 aromatic rings. The van der Waals surface area contributed by atoms with Crippen LogP contribution in [0.25, 0.3) is 0 Å². The van der Waals surface area contributed by atoms with Crippen LogP contribution in [0.1, 0.15) is 35.6 Å². The molecule has 0 saturated carbocycles. The second kappa shape index (κ2) is 5.75. The van der Waals surface area contributed by atoms with Crippen LogP contribution in [0.3, 0.4) is 0 Å². The summed E-state index contributed by atoms with van der Waals surface area (Å²) in [6, 6.07) is 0.531. The molecule has 1 aromatic heterocycles. The van der Waals surface area contributed by atoms with Crippen LogP contribution in [0.15, 0.2) is 6.20 Å². The Morgan fingerprint density at radius 2 is 2.31 bits per heavy atom. The van der Waals surface area contributed by atoms with Gasteiger partial charge in [0.05, 0.1) is 5.01 Å². The summed E-state index contributed by atoms with van der Waals surface area (Å²) in [7, 11) is 2.01. The second-order valence-corrected chi connectivity index (χ2v) is 5.59. The summed E-state index contributed by atoms with van der Waals surface area (Å²) >= 11 is 1.88. The molecular weight excluding hydrogens is 220 g/mol. The molecule has 0 amide bonds. The average molecular weight is 240 g/mol. The standard InChI is InChI=1S/C12H20N2OS/c1-9(13-2)7-11-8-14-12(16-11)10-3-5-15-6-4-10/h8-10,13H,3-7H2,1-2H3. The number of hydrogen-bond acceptors (Lipinski definition) is 4. The summed E-state index contributed by atoms with van der Waals surface area (Å²) < 4.78 is 5.38. The van der Waals surface area contributed by atoms with E-state index < -0.39 is 0 Å². The van der Waals surface area contributed by atoms with Gasteiger partial charge in [-0.1, -0.05) is 0 Å². The molecular formula is C12H20N2OS. The minimum Gasteiger partial charge on any atom is -0.381 e. The van der Waals surface area contributed by atoms with E-state index in [0.29, 0.717) is 12.0 Å². The Bertz CT molecular complexity index is 321. The van der Waals surface area contributed by atoms with E-state index in [1.807, 2.05) is 24.6 Å². The number of nitrogens with one attached hydrogen (secondary N) is 1. The van der Waals surface area contributed by atoms with Gasteiger partial charge in [0.1, 0.15) is 0 Å². The van der Waals surface area contributed by atoms with Crippen LogP contribution in [0.4, 0.5) is 0 Å². The molecule has 1 fully saturated rings. The molecule has 16 heavy (non-hydrogen) atoms. The van der Waals surface area contributed by atoms with Crippen LogP contribution in [0.2, 0.25) is 0 Å². The van der Waals surface area contributed by atoms with Crippen molar-refractivity contribution in [3.05, 3.63) is 16.1 Å². The summed E-state index contributed by atoms with van der Waals surface area (Å²) in [6.45, 7) is 3.99. The van der Waals surface area contributed by atoms with Crippen LogP contribution in [-0.4, -0.2) is 31.3 Å². The summed E-state index contributed by atoms with van der Waals surface area (Å²) in [5.74, 6) is 0.636. The van der Waals surface area contributed by atoms with E-state index in [9.17, 15) is 0 Å². The smallest absolute Gasteiger partial charge is 0.0960 e. The number of ether oxygens (including phenoxy) is 1. The van der Waals surface area contributed by atoms with Crippen LogP contribution < -0.4 is 5.32 Å². The monoisotopic (exact) mass is 240 g/mol. The van der Waals surface area contributed by atoms with Crippen molar-refractivity contribution in [3.8, 4) is 0 Å². The molecule has 0 aromatic carbocycles. The Morgan fingerprint density at radius 1 is 1.56 bits per heavy atom. The Hall–Kier alpha value is -0.450. The van der Waals surface area contributed by atoms with Gasteiger partial charge >= 0.3 is 0 Å². The second-order valence-electron chi connectivity index (χ2n) is 4.45. The quantitative estimate of drug-likeness (QED) is 0.876. The molecule has 1 aliphatic rings. The SMILES string of the molecule is CNC(C)Cc1cnc(C2CCOCC2)s1. The maximum atomic E-state index is 5.38.